The molecule has 0 saturated carbocycles. The van der Waals surface area contributed by atoms with E-state index in [4.69, 9.17) is 15.2 Å². The third-order valence-electron chi connectivity index (χ3n) is 2.83. The van der Waals surface area contributed by atoms with Crippen molar-refractivity contribution in [1.29, 1.82) is 0 Å². The maximum atomic E-state index is 6.03. The second-order valence-corrected chi connectivity index (χ2v) is 4.22. The molecule has 82 valence electrons. The zero-order chi connectivity index (χ0) is 11.1. The van der Waals surface area contributed by atoms with Gasteiger partial charge >= 0.3 is 0 Å². The van der Waals surface area contributed by atoms with Gasteiger partial charge in [-0.05, 0) is 26.3 Å². The number of benzene rings is 1. The summed E-state index contributed by atoms with van der Waals surface area (Å²) in [7, 11) is 0. The molecule has 15 heavy (non-hydrogen) atoms. The third-order valence-corrected chi connectivity index (χ3v) is 2.83. The highest BCUT2D eigenvalue weighted by atomic mass is 16.7. The minimum atomic E-state index is -0.685. The molecule has 0 spiro atoms. The Morgan fingerprint density at radius 3 is 2.80 bits per heavy atom. The van der Waals surface area contributed by atoms with Crippen molar-refractivity contribution < 1.29 is 9.47 Å². The number of aryl methyl sites for hydroxylation is 1. The fourth-order valence-corrected chi connectivity index (χ4v) is 1.95. The van der Waals surface area contributed by atoms with Crippen LogP contribution in [0.25, 0.3) is 0 Å². The van der Waals surface area contributed by atoms with Crippen LogP contribution in [0.1, 0.15) is 25.0 Å². The molecule has 1 fully saturated rings. The summed E-state index contributed by atoms with van der Waals surface area (Å²) in [6.45, 7) is 6.52. The molecule has 1 heterocycles. The Kier molecular flexibility index (Phi) is 2.44. The van der Waals surface area contributed by atoms with Crippen LogP contribution in [0.3, 0.4) is 0 Å². The lowest BCUT2D eigenvalue weighted by Gasteiger charge is -2.25. The Labute approximate surface area is 90.2 Å². The monoisotopic (exact) mass is 207 g/mol. The molecule has 2 rings (SSSR count). The van der Waals surface area contributed by atoms with Crippen LogP contribution in [0.2, 0.25) is 0 Å². The topological polar surface area (TPSA) is 44.5 Å². The quantitative estimate of drug-likeness (QED) is 0.718. The largest absolute Gasteiger partial charge is 0.398 e. The molecular weight excluding hydrogens is 190 g/mol. The fourth-order valence-electron chi connectivity index (χ4n) is 1.95. The Morgan fingerprint density at radius 1 is 1.47 bits per heavy atom. The summed E-state index contributed by atoms with van der Waals surface area (Å²) in [6, 6.07) is 5.92. The number of hydrogen-bond donors (Lipinski definition) is 1. The van der Waals surface area contributed by atoms with Crippen molar-refractivity contribution in [2.45, 2.75) is 32.7 Å². The predicted octanol–water partition coefficient (Wildman–Crippen LogP) is 2.19. The number of hydrogen-bond acceptors (Lipinski definition) is 3. The van der Waals surface area contributed by atoms with Crippen molar-refractivity contribution in [2.75, 3.05) is 12.3 Å². The second-order valence-electron chi connectivity index (χ2n) is 4.22. The molecule has 0 amide bonds. The average molecular weight is 207 g/mol. The third kappa shape index (κ3) is 1.73. The first-order chi connectivity index (χ1) is 7.03. The zero-order valence-electron chi connectivity index (χ0n) is 9.41. The van der Waals surface area contributed by atoms with E-state index in [0.717, 1.165) is 16.8 Å². The van der Waals surface area contributed by atoms with E-state index in [0.29, 0.717) is 6.61 Å². The highest BCUT2D eigenvalue weighted by molar-refractivity contribution is 5.55. The van der Waals surface area contributed by atoms with Crippen molar-refractivity contribution in [3.05, 3.63) is 29.3 Å². The fraction of sp³-hybridized carbons (Fsp3) is 0.500. The zero-order valence-corrected chi connectivity index (χ0v) is 9.41. The summed E-state index contributed by atoms with van der Waals surface area (Å²) in [6.07, 6.45) is 0.120. The van der Waals surface area contributed by atoms with E-state index in [2.05, 4.69) is 0 Å². The van der Waals surface area contributed by atoms with Gasteiger partial charge in [-0.15, -0.1) is 0 Å². The van der Waals surface area contributed by atoms with E-state index in [9.17, 15) is 0 Å². The molecule has 2 N–H and O–H groups in total. The van der Waals surface area contributed by atoms with E-state index in [1.54, 1.807) is 0 Å². The summed E-state index contributed by atoms with van der Waals surface area (Å²) in [5.41, 5.74) is 8.77. The Balaban J connectivity index is 2.41. The van der Waals surface area contributed by atoms with E-state index >= 15 is 0 Å². The number of nitrogens with two attached hydrogens (primary N) is 1. The van der Waals surface area contributed by atoms with Gasteiger partial charge in [-0.1, -0.05) is 18.2 Å². The number of ether oxygens (including phenoxy) is 2. The molecule has 2 unspecified atom stereocenters. The van der Waals surface area contributed by atoms with Gasteiger partial charge in [0, 0.05) is 11.3 Å². The first-order valence-electron chi connectivity index (χ1n) is 5.20. The molecular formula is C12H17NO2. The van der Waals surface area contributed by atoms with Gasteiger partial charge in [-0.3, -0.25) is 0 Å². The van der Waals surface area contributed by atoms with Gasteiger partial charge in [0.05, 0.1) is 12.7 Å². The van der Waals surface area contributed by atoms with Crippen LogP contribution in [0, 0.1) is 6.92 Å². The lowest BCUT2D eigenvalue weighted by molar-refractivity contribution is -0.159. The number of anilines is 1. The van der Waals surface area contributed by atoms with Crippen LogP contribution in [0.4, 0.5) is 5.69 Å². The predicted molar refractivity (Wildman–Crippen MR) is 59.4 cm³/mol. The minimum absolute atomic E-state index is 0.120. The molecule has 1 aliphatic rings. The van der Waals surface area contributed by atoms with Gasteiger partial charge in [0.15, 0.2) is 5.79 Å². The second kappa shape index (κ2) is 3.51. The number of para-hydroxylation sites is 1. The van der Waals surface area contributed by atoms with Crippen LogP contribution in [-0.4, -0.2) is 12.7 Å². The first-order valence-corrected chi connectivity index (χ1v) is 5.20. The molecule has 1 aromatic rings. The lowest BCUT2D eigenvalue weighted by atomic mass is 10.0. The van der Waals surface area contributed by atoms with Crippen LogP contribution in [-0.2, 0) is 15.3 Å². The number of rotatable bonds is 1. The minimum Gasteiger partial charge on any atom is -0.398 e. The average Bonchev–Trinajstić information content (AvgIpc) is 2.52. The summed E-state index contributed by atoms with van der Waals surface area (Å²) in [5.74, 6) is -0.685. The first kappa shape index (κ1) is 10.5. The highest BCUT2D eigenvalue weighted by Gasteiger charge is 2.38. The Morgan fingerprint density at radius 2 is 2.20 bits per heavy atom. The van der Waals surface area contributed by atoms with Crippen molar-refractivity contribution in [3.63, 3.8) is 0 Å². The molecule has 0 bridgehead atoms. The Bertz CT molecular complexity index is 378. The summed E-state index contributed by atoms with van der Waals surface area (Å²) in [5, 5.41) is 0. The van der Waals surface area contributed by atoms with Crippen molar-refractivity contribution >= 4 is 5.69 Å². The molecule has 0 aliphatic carbocycles. The molecule has 3 heteroatoms. The van der Waals surface area contributed by atoms with Crippen LogP contribution in [0.15, 0.2) is 18.2 Å². The van der Waals surface area contributed by atoms with Crippen LogP contribution in [0.5, 0.6) is 0 Å². The molecule has 2 atom stereocenters. The molecule has 0 aromatic heterocycles. The van der Waals surface area contributed by atoms with Gasteiger partial charge in [0.2, 0.25) is 0 Å². The highest BCUT2D eigenvalue weighted by Crippen LogP contribution is 2.37. The molecule has 1 aliphatic heterocycles. The van der Waals surface area contributed by atoms with Gasteiger partial charge < -0.3 is 15.2 Å². The normalized spacial score (nSPS) is 30.7. The van der Waals surface area contributed by atoms with Gasteiger partial charge in [0.25, 0.3) is 0 Å². The lowest BCUT2D eigenvalue weighted by Crippen LogP contribution is -2.25. The standard InChI is InChI=1S/C12H17NO2/c1-8-5-4-6-10(11(8)13)12(3)14-7-9(2)15-12/h4-6,9H,7,13H2,1-3H3. The van der Waals surface area contributed by atoms with Gasteiger partial charge in [0.1, 0.15) is 0 Å². The molecule has 0 radical (unpaired) electrons. The SMILES string of the molecule is Cc1cccc(C2(C)OCC(C)O2)c1N. The summed E-state index contributed by atoms with van der Waals surface area (Å²) >= 11 is 0. The van der Waals surface area contributed by atoms with Crippen LogP contribution >= 0.6 is 0 Å². The van der Waals surface area contributed by atoms with E-state index in [-0.39, 0.29) is 6.10 Å². The Hall–Kier alpha value is -1.06. The summed E-state index contributed by atoms with van der Waals surface area (Å²) < 4.78 is 11.4. The maximum Gasteiger partial charge on any atom is 0.194 e. The van der Waals surface area contributed by atoms with E-state index in [1.807, 2.05) is 39.0 Å². The van der Waals surface area contributed by atoms with Crippen molar-refractivity contribution in [2.24, 2.45) is 0 Å². The van der Waals surface area contributed by atoms with Gasteiger partial charge in [-0.2, -0.15) is 0 Å². The van der Waals surface area contributed by atoms with Crippen molar-refractivity contribution in [3.8, 4) is 0 Å². The maximum absolute atomic E-state index is 6.03. The van der Waals surface area contributed by atoms with Gasteiger partial charge in [-0.25, -0.2) is 0 Å². The smallest absolute Gasteiger partial charge is 0.194 e. The van der Waals surface area contributed by atoms with E-state index < -0.39 is 5.79 Å². The molecule has 1 aromatic carbocycles. The van der Waals surface area contributed by atoms with Crippen molar-refractivity contribution in [1.82, 2.24) is 0 Å². The molecule has 1 saturated heterocycles. The number of nitrogen functional groups attached to an aromatic ring is 1. The van der Waals surface area contributed by atoms with E-state index in [1.165, 1.54) is 0 Å². The molecule has 3 nitrogen and oxygen atoms in total. The van der Waals surface area contributed by atoms with Crippen LogP contribution < -0.4 is 5.73 Å². The summed E-state index contributed by atoms with van der Waals surface area (Å²) in [4.78, 5) is 0.